The summed E-state index contributed by atoms with van der Waals surface area (Å²) in [6.07, 6.45) is 3.24. The van der Waals surface area contributed by atoms with Crippen LogP contribution >= 0.6 is 0 Å². The molecular formula is C18H17FN4O3. The van der Waals surface area contributed by atoms with Gasteiger partial charge in [-0.2, -0.15) is 4.98 Å². The van der Waals surface area contributed by atoms with Gasteiger partial charge in [0.25, 0.3) is 0 Å². The van der Waals surface area contributed by atoms with E-state index in [-0.39, 0.29) is 18.3 Å². The van der Waals surface area contributed by atoms with Gasteiger partial charge in [0.2, 0.25) is 11.7 Å². The first-order valence-corrected chi connectivity index (χ1v) is 7.88. The first-order valence-electron chi connectivity index (χ1n) is 7.88. The number of likely N-dealkylation sites (N-methyl/N-ethyl adjacent to an activating group) is 1. The number of halogens is 1. The molecule has 26 heavy (non-hydrogen) atoms. The van der Waals surface area contributed by atoms with Crippen molar-refractivity contribution in [1.82, 2.24) is 20.0 Å². The minimum Gasteiger partial charge on any atom is -0.480 e. The zero-order valence-corrected chi connectivity index (χ0v) is 14.3. The normalized spacial score (nSPS) is 12.3. The molecule has 0 aliphatic carbocycles. The Bertz CT molecular complexity index is 914. The lowest BCUT2D eigenvalue weighted by atomic mass is 10.0. The highest BCUT2D eigenvalue weighted by Gasteiger charge is 2.26. The maximum absolute atomic E-state index is 13.5. The molecule has 0 fully saturated rings. The van der Waals surface area contributed by atoms with Crippen LogP contribution in [0.5, 0.6) is 0 Å². The zero-order valence-electron chi connectivity index (χ0n) is 14.3. The van der Waals surface area contributed by atoms with E-state index < -0.39 is 12.0 Å². The van der Waals surface area contributed by atoms with E-state index in [2.05, 4.69) is 15.1 Å². The Labute approximate surface area is 149 Å². The molecule has 7 nitrogen and oxygen atoms in total. The van der Waals surface area contributed by atoms with Gasteiger partial charge in [-0.1, -0.05) is 17.3 Å². The number of benzene rings is 1. The van der Waals surface area contributed by atoms with Gasteiger partial charge in [0.1, 0.15) is 11.9 Å². The molecule has 2 aromatic heterocycles. The molecule has 0 aliphatic rings. The smallest absolute Gasteiger partial charge is 0.325 e. The number of hydrogen-bond acceptors (Lipinski definition) is 6. The average Bonchev–Trinajstić information content (AvgIpc) is 3.07. The molecule has 1 aromatic carbocycles. The van der Waals surface area contributed by atoms with Crippen LogP contribution in [0.2, 0.25) is 0 Å². The molecule has 2 heterocycles. The van der Waals surface area contributed by atoms with E-state index in [1.54, 1.807) is 43.4 Å². The number of aromatic nitrogens is 3. The molecule has 3 aromatic rings. The molecule has 8 heteroatoms. The van der Waals surface area contributed by atoms with Crippen LogP contribution in [-0.4, -0.2) is 38.1 Å². The van der Waals surface area contributed by atoms with Gasteiger partial charge in [-0.25, -0.2) is 4.39 Å². The van der Waals surface area contributed by atoms with Gasteiger partial charge in [-0.15, -0.1) is 0 Å². The zero-order chi connectivity index (χ0) is 18.7. The summed E-state index contributed by atoms with van der Waals surface area (Å²) in [4.78, 5) is 21.5. The summed E-state index contributed by atoms with van der Waals surface area (Å²) in [6, 6.07) is 6.79. The summed E-state index contributed by atoms with van der Waals surface area (Å²) >= 11 is 0. The molecule has 0 amide bonds. The van der Waals surface area contributed by atoms with Crippen LogP contribution in [0, 0.1) is 12.7 Å². The monoisotopic (exact) mass is 356 g/mol. The second-order valence-electron chi connectivity index (χ2n) is 5.91. The largest absolute Gasteiger partial charge is 0.480 e. The molecule has 0 aliphatic heterocycles. The minimum absolute atomic E-state index is 0.130. The van der Waals surface area contributed by atoms with Crippen molar-refractivity contribution in [3.8, 4) is 11.4 Å². The highest BCUT2D eigenvalue weighted by Crippen LogP contribution is 2.24. The number of aliphatic carboxylic acids is 1. The van der Waals surface area contributed by atoms with E-state index in [4.69, 9.17) is 4.52 Å². The fraction of sp³-hybridized carbons (Fsp3) is 0.222. The summed E-state index contributed by atoms with van der Waals surface area (Å²) in [7, 11) is 1.63. The van der Waals surface area contributed by atoms with Crippen LogP contribution in [0.4, 0.5) is 4.39 Å². The van der Waals surface area contributed by atoms with Gasteiger partial charge in [0.15, 0.2) is 0 Å². The average molecular weight is 356 g/mol. The number of carbonyl (C=O) groups is 1. The Morgan fingerprint density at radius 2 is 2.04 bits per heavy atom. The Hall–Kier alpha value is -3.13. The van der Waals surface area contributed by atoms with E-state index in [1.807, 2.05) is 0 Å². The third-order valence-corrected chi connectivity index (χ3v) is 3.96. The molecule has 0 bridgehead atoms. The first kappa shape index (κ1) is 17.7. The quantitative estimate of drug-likeness (QED) is 0.726. The maximum Gasteiger partial charge on any atom is 0.325 e. The number of carboxylic acid groups (broad SMARTS) is 1. The number of rotatable bonds is 6. The Morgan fingerprint density at radius 3 is 2.69 bits per heavy atom. The first-order chi connectivity index (χ1) is 12.5. The van der Waals surface area contributed by atoms with Crippen LogP contribution in [0.25, 0.3) is 11.4 Å². The Morgan fingerprint density at radius 1 is 1.31 bits per heavy atom. The van der Waals surface area contributed by atoms with E-state index in [1.165, 1.54) is 18.2 Å². The van der Waals surface area contributed by atoms with Gasteiger partial charge in [0.05, 0.1) is 6.54 Å². The summed E-state index contributed by atoms with van der Waals surface area (Å²) in [5.74, 6) is -0.739. The second-order valence-corrected chi connectivity index (χ2v) is 5.91. The van der Waals surface area contributed by atoms with Crippen molar-refractivity contribution >= 4 is 5.97 Å². The van der Waals surface area contributed by atoms with Gasteiger partial charge in [-0.3, -0.25) is 14.7 Å². The number of carboxylic acids is 1. The van der Waals surface area contributed by atoms with Crippen molar-refractivity contribution in [1.29, 1.82) is 0 Å². The van der Waals surface area contributed by atoms with Crippen molar-refractivity contribution < 1.29 is 18.8 Å². The topological polar surface area (TPSA) is 92.3 Å². The van der Waals surface area contributed by atoms with Crippen LogP contribution in [0.3, 0.4) is 0 Å². The van der Waals surface area contributed by atoms with Gasteiger partial charge in [-0.05, 0) is 43.3 Å². The molecule has 134 valence electrons. The molecule has 0 saturated heterocycles. The van der Waals surface area contributed by atoms with Gasteiger partial charge >= 0.3 is 5.97 Å². The number of pyridine rings is 1. The molecule has 1 atom stereocenters. The molecular weight excluding hydrogens is 339 g/mol. The highest BCUT2D eigenvalue weighted by atomic mass is 19.1. The van der Waals surface area contributed by atoms with Crippen molar-refractivity contribution in [2.45, 2.75) is 19.5 Å². The number of hydrogen-bond donors (Lipinski definition) is 1. The lowest BCUT2D eigenvalue weighted by Crippen LogP contribution is -2.30. The van der Waals surface area contributed by atoms with Crippen LogP contribution in [-0.2, 0) is 11.3 Å². The Balaban J connectivity index is 1.80. The molecule has 0 spiro atoms. The molecule has 0 saturated carbocycles. The van der Waals surface area contributed by atoms with Crippen LogP contribution in [0.15, 0.2) is 47.2 Å². The molecule has 1 N–H and O–H groups in total. The maximum atomic E-state index is 13.5. The minimum atomic E-state index is -1.05. The number of aryl methyl sites for hydroxylation is 1. The SMILES string of the molecule is Cc1cc(C(C(=O)O)N(C)Cc2nc(-c3ccncc3)no2)ccc1F. The molecule has 3 rings (SSSR count). The van der Waals surface area contributed by atoms with Crippen molar-refractivity contribution in [3.63, 3.8) is 0 Å². The summed E-state index contributed by atoms with van der Waals surface area (Å²) in [5.41, 5.74) is 1.62. The fourth-order valence-electron chi connectivity index (χ4n) is 2.67. The summed E-state index contributed by atoms with van der Waals surface area (Å²) in [5, 5.41) is 13.5. The Kier molecular flexibility index (Phi) is 5.04. The summed E-state index contributed by atoms with van der Waals surface area (Å²) < 4.78 is 18.7. The van der Waals surface area contributed by atoms with E-state index in [0.29, 0.717) is 17.0 Å². The van der Waals surface area contributed by atoms with E-state index >= 15 is 0 Å². The summed E-state index contributed by atoms with van der Waals surface area (Å²) in [6.45, 7) is 1.72. The lowest BCUT2D eigenvalue weighted by Gasteiger charge is -2.23. The number of nitrogens with zero attached hydrogens (tertiary/aromatic N) is 4. The third-order valence-electron chi connectivity index (χ3n) is 3.96. The van der Waals surface area contributed by atoms with Crippen molar-refractivity contribution in [2.24, 2.45) is 0 Å². The van der Waals surface area contributed by atoms with Gasteiger partial charge < -0.3 is 9.63 Å². The predicted octanol–water partition coefficient (Wildman–Crippen LogP) is 2.84. The third kappa shape index (κ3) is 3.75. The molecule has 1 unspecified atom stereocenters. The standard InChI is InChI=1S/C18H17FN4O3/c1-11-9-13(3-4-14(11)19)16(18(24)25)23(2)10-15-21-17(22-26-15)12-5-7-20-8-6-12/h3-9,16H,10H2,1-2H3,(H,24,25). The second kappa shape index (κ2) is 7.40. The van der Waals surface area contributed by atoms with Crippen molar-refractivity contribution in [2.75, 3.05) is 7.05 Å². The highest BCUT2D eigenvalue weighted by molar-refractivity contribution is 5.75. The van der Waals surface area contributed by atoms with Crippen molar-refractivity contribution in [3.05, 3.63) is 65.6 Å². The van der Waals surface area contributed by atoms with Gasteiger partial charge in [0, 0.05) is 18.0 Å². The van der Waals surface area contributed by atoms with Crippen LogP contribution < -0.4 is 0 Å². The predicted molar refractivity (Wildman–Crippen MR) is 90.5 cm³/mol. The fourth-order valence-corrected chi connectivity index (χ4v) is 2.67. The van der Waals surface area contributed by atoms with E-state index in [9.17, 15) is 14.3 Å². The molecule has 0 radical (unpaired) electrons. The lowest BCUT2D eigenvalue weighted by molar-refractivity contribution is -0.143. The van der Waals surface area contributed by atoms with Crippen LogP contribution in [0.1, 0.15) is 23.1 Å². The van der Waals surface area contributed by atoms with E-state index in [0.717, 1.165) is 5.56 Å².